The minimum absolute atomic E-state index is 0.251. The van der Waals surface area contributed by atoms with Crippen molar-refractivity contribution in [2.75, 3.05) is 6.54 Å². The van der Waals surface area contributed by atoms with Crippen LogP contribution in [-0.2, 0) is 17.8 Å². The predicted molar refractivity (Wildman–Crippen MR) is 59.2 cm³/mol. The van der Waals surface area contributed by atoms with Crippen molar-refractivity contribution >= 4 is 17.2 Å². The number of rotatable bonds is 6. The molecule has 0 unspecified atom stereocenters. The molecule has 0 aliphatic rings. The van der Waals surface area contributed by atoms with Crippen molar-refractivity contribution in [2.24, 2.45) is 5.73 Å². The summed E-state index contributed by atoms with van der Waals surface area (Å²) in [6, 6.07) is 2.15. The van der Waals surface area contributed by atoms with E-state index in [9.17, 15) is 4.79 Å². The van der Waals surface area contributed by atoms with Gasteiger partial charge >= 0.3 is 0 Å². The van der Waals surface area contributed by atoms with E-state index >= 15 is 0 Å². The van der Waals surface area contributed by atoms with Crippen molar-refractivity contribution in [3.63, 3.8) is 0 Å². The molecule has 0 fully saturated rings. The molecule has 1 aromatic rings. The average Bonchev–Trinajstić information content (AvgIpc) is 2.59. The van der Waals surface area contributed by atoms with Gasteiger partial charge in [0.2, 0.25) is 5.91 Å². The molecule has 0 saturated carbocycles. The van der Waals surface area contributed by atoms with E-state index < -0.39 is 0 Å². The molecule has 1 heterocycles. The Hall–Kier alpha value is -0.870. The van der Waals surface area contributed by atoms with Gasteiger partial charge in [0.15, 0.2) is 0 Å². The first-order chi connectivity index (χ1) is 6.74. The molecule has 0 saturated heterocycles. The van der Waals surface area contributed by atoms with Crippen LogP contribution >= 0.6 is 11.3 Å². The van der Waals surface area contributed by atoms with Crippen LogP contribution in [0.3, 0.4) is 0 Å². The van der Waals surface area contributed by atoms with Gasteiger partial charge in [-0.3, -0.25) is 4.79 Å². The summed E-state index contributed by atoms with van der Waals surface area (Å²) in [4.78, 5) is 11.8. The summed E-state index contributed by atoms with van der Waals surface area (Å²) in [6.45, 7) is 3.65. The minimum atomic E-state index is -0.251. The third kappa shape index (κ3) is 3.47. The summed E-state index contributed by atoms with van der Waals surface area (Å²) >= 11 is 1.75. The number of primary amides is 1. The molecule has 14 heavy (non-hydrogen) atoms. The molecule has 4 heteroatoms. The second-order valence-corrected chi connectivity index (χ2v) is 4.12. The maximum absolute atomic E-state index is 10.5. The summed E-state index contributed by atoms with van der Waals surface area (Å²) in [5, 5.41) is 5.30. The van der Waals surface area contributed by atoms with Gasteiger partial charge in [0.05, 0.1) is 0 Å². The van der Waals surface area contributed by atoms with Crippen LogP contribution in [-0.4, -0.2) is 12.5 Å². The molecule has 1 rings (SSSR count). The van der Waals surface area contributed by atoms with E-state index in [1.807, 2.05) is 0 Å². The Balaban J connectivity index is 2.27. The topological polar surface area (TPSA) is 55.1 Å². The van der Waals surface area contributed by atoms with Crippen molar-refractivity contribution in [1.82, 2.24) is 5.32 Å². The Morgan fingerprint density at radius 3 is 3.07 bits per heavy atom. The van der Waals surface area contributed by atoms with Gasteiger partial charge < -0.3 is 11.1 Å². The highest BCUT2D eigenvalue weighted by molar-refractivity contribution is 7.10. The first-order valence-corrected chi connectivity index (χ1v) is 5.66. The minimum Gasteiger partial charge on any atom is -0.370 e. The Morgan fingerprint density at radius 2 is 2.43 bits per heavy atom. The number of aryl methyl sites for hydroxylation is 1. The van der Waals surface area contributed by atoms with Crippen molar-refractivity contribution in [1.29, 1.82) is 0 Å². The fourth-order valence-corrected chi connectivity index (χ4v) is 2.20. The van der Waals surface area contributed by atoms with Crippen molar-refractivity contribution < 1.29 is 4.79 Å². The van der Waals surface area contributed by atoms with Crippen molar-refractivity contribution in [2.45, 2.75) is 26.3 Å². The number of carbonyl (C=O) groups is 1. The van der Waals surface area contributed by atoms with Gasteiger partial charge in [-0.15, -0.1) is 11.3 Å². The lowest BCUT2D eigenvalue weighted by molar-refractivity contribution is -0.117. The quantitative estimate of drug-likeness (QED) is 0.698. The van der Waals surface area contributed by atoms with Crippen LogP contribution in [0.2, 0.25) is 0 Å². The number of nitrogens with two attached hydrogens (primary N) is 1. The summed E-state index contributed by atoms with van der Waals surface area (Å²) in [7, 11) is 0. The molecule has 1 aromatic heterocycles. The zero-order valence-electron chi connectivity index (χ0n) is 8.38. The van der Waals surface area contributed by atoms with Crippen LogP contribution in [0, 0.1) is 0 Å². The van der Waals surface area contributed by atoms with Crippen LogP contribution in [0.15, 0.2) is 11.4 Å². The summed E-state index contributed by atoms with van der Waals surface area (Å²) in [5.41, 5.74) is 6.42. The number of amides is 1. The van der Waals surface area contributed by atoms with Gasteiger partial charge in [-0.05, 0) is 23.4 Å². The predicted octanol–water partition coefficient (Wildman–Crippen LogP) is 1.28. The van der Waals surface area contributed by atoms with E-state index in [1.165, 1.54) is 10.4 Å². The molecule has 0 bridgehead atoms. The van der Waals surface area contributed by atoms with Gasteiger partial charge in [-0.2, -0.15) is 0 Å². The maximum Gasteiger partial charge on any atom is 0.218 e. The van der Waals surface area contributed by atoms with E-state index in [1.54, 1.807) is 11.3 Å². The van der Waals surface area contributed by atoms with Gasteiger partial charge in [0.25, 0.3) is 0 Å². The maximum atomic E-state index is 10.5. The lowest BCUT2D eigenvalue weighted by atomic mass is 10.2. The molecule has 1 amide bonds. The fraction of sp³-hybridized carbons (Fsp3) is 0.500. The second kappa shape index (κ2) is 5.78. The molecule has 0 aliphatic heterocycles. The normalized spacial score (nSPS) is 10.4. The molecule has 3 nitrogen and oxygen atoms in total. The molecule has 0 atom stereocenters. The Morgan fingerprint density at radius 1 is 1.64 bits per heavy atom. The lowest BCUT2D eigenvalue weighted by Gasteiger charge is -2.03. The monoisotopic (exact) mass is 212 g/mol. The molecule has 0 aromatic carbocycles. The second-order valence-electron chi connectivity index (χ2n) is 3.12. The van der Waals surface area contributed by atoms with Crippen LogP contribution in [0.25, 0.3) is 0 Å². The van der Waals surface area contributed by atoms with Crippen LogP contribution in [0.1, 0.15) is 23.8 Å². The number of nitrogens with one attached hydrogen (secondary N) is 1. The smallest absolute Gasteiger partial charge is 0.218 e. The van der Waals surface area contributed by atoms with E-state index in [0.29, 0.717) is 13.0 Å². The van der Waals surface area contributed by atoms with Gasteiger partial charge in [0, 0.05) is 24.4 Å². The molecule has 3 N–H and O–H groups in total. The molecule has 0 spiro atoms. The largest absolute Gasteiger partial charge is 0.370 e. The Kier molecular flexibility index (Phi) is 4.62. The van der Waals surface area contributed by atoms with Gasteiger partial charge in [-0.1, -0.05) is 6.92 Å². The summed E-state index contributed by atoms with van der Waals surface area (Å²) in [6.07, 6.45) is 1.48. The number of thiophene rings is 1. The van der Waals surface area contributed by atoms with Crippen LogP contribution in [0.5, 0.6) is 0 Å². The third-order valence-corrected chi connectivity index (χ3v) is 3.02. The van der Waals surface area contributed by atoms with Crippen LogP contribution < -0.4 is 11.1 Å². The number of carbonyl (C=O) groups excluding carboxylic acids is 1. The van der Waals surface area contributed by atoms with Crippen molar-refractivity contribution in [3.8, 4) is 0 Å². The standard InChI is InChI=1S/C10H16N2OS/c1-2-8-4-6-14-9(8)7-12-5-3-10(11)13/h4,6,12H,2-3,5,7H2,1H3,(H2,11,13). The lowest BCUT2D eigenvalue weighted by Crippen LogP contribution is -2.21. The highest BCUT2D eigenvalue weighted by atomic mass is 32.1. The number of hydrogen-bond donors (Lipinski definition) is 2. The summed E-state index contributed by atoms with van der Waals surface area (Å²) in [5.74, 6) is -0.251. The zero-order chi connectivity index (χ0) is 10.4. The zero-order valence-corrected chi connectivity index (χ0v) is 9.19. The fourth-order valence-electron chi connectivity index (χ4n) is 1.25. The third-order valence-electron chi connectivity index (χ3n) is 2.05. The van der Waals surface area contributed by atoms with E-state index in [4.69, 9.17) is 5.73 Å². The highest BCUT2D eigenvalue weighted by Crippen LogP contribution is 2.16. The van der Waals surface area contributed by atoms with E-state index in [0.717, 1.165) is 13.0 Å². The Labute approximate surface area is 88.3 Å². The van der Waals surface area contributed by atoms with E-state index in [2.05, 4.69) is 23.7 Å². The first kappa shape index (κ1) is 11.2. The molecule has 78 valence electrons. The first-order valence-electron chi connectivity index (χ1n) is 4.78. The summed E-state index contributed by atoms with van der Waals surface area (Å²) < 4.78 is 0. The molecule has 0 radical (unpaired) electrons. The average molecular weight is 212 g/mol. The molecular formula is C10H16N2OS. The highest BCUT2D eigenvalue weighted by Gasteiger charge is 2.01. The SMILES string of the molecule is CCc1ccsc1CNCCC(N)=O. The van der Waals surface area contributed by atoms with Gasteiger partial charge in [-0.25, -0.2) is 0 Å². The Bertz CT molecular complexity index is 296. The van der Waals surface area contributed by atoms with Crippen LogP contribution in [0.4, 0.5) is 0 Å². The number of hydrogen-bond acceptors (Lipinski definition) is 3. The molecular weight excluding hydrogens is 196 g/mol. The van der Waals surface area contributed by atoms with E-state index in [-0.39, 0.29) is 5.91 Å². The van der Waals surface area contributed by atoms with Gasteiger partial charge in [0.1, 0.15) is 0 Å². The molecule has 0 aliphatic carbocycles. The van der Waals surface area contributed by atoms with Crippen molar-refractivity contribution in [3.05, 3.63) is 21.9 Å².